The first-order valence-corrected chi connectivity index (χ1v) is 9.98. The summed E-state index contributed by atoms with van der Waals surface area (Å²) in [5.74, 6) is -1.86. The molecule has 150 valence electrons. The molecule has 6 nitrogen and oxygen atoms in total. The van der Waals surface area contributed by atoms with Crippen LogP contribution in [0.15, 0.2) is 24.3 Å². The van der Waals surface area contributed by atoms with Crippen molar-refractivity contribution in [3.05, 3.63) is 35.4 Å². The van der Waals surface area contributed by atoms with Gasteiger partial charge in [0.25, 0.3) is 0 Å². The highest BCUT2D eigenvalue weighted by Crippen LogP contribution is 2.38. The Morgan fingerprint density at radius 2 is 1.54 bits per heavy atom. The number of esters is 1. The number of carbonyl (C=O) groups excluding carboxylic acids is 4. The Kier molecular flexibility index (Phi) is 5.96. The van der Waals surface area contributed by atoms with E-state index in [1.165, 1.54) is 6.92 Å². The van der Waals surface area contributed by atoms with Crippen molar-refractivity contribution in [2.24, 2.45) is 11.8 Å². The number of likely N-dealkylation sites (tertiary alicyclic amines) is 1. The summed E-state index contributed by atoms with van der Waals surface area (Å²) in [6, 6.07) is 6.18. The van der Waals surface area contributed by atoms with Crippen LogP contribution >= 0.6 is 0 Å². The summed E-state index contributed by atoms with van der Waals surface area (Å²) in [5, 5.41) is 0. The lowest BCUT2D eigenvalue weighted by atomic mass is 9.81. The van der Waals surface area contributed by atoms with Crippen molar-refractivity contribution in [2.75, 3.05) is 6.61 Å². The fourth-order valence-electron chi connectivity index (χ4n) is 4.07. The molecule has 2 unspecified atom stereocenters. The Balaban J connectivity index is 1.59. The molecule has 0 radical (unpaired) electrons. The fraction of sp³-hybridized carbons (Fsp3) is 0.545. The molecule has 1 aromatic rings. The van der Waals surface area contributed by atoms with E-state index >= 15 is 0 Å². The summed E-state index contributed by atoms with van der Waals surface area (Å²) in [6.07, 6.45) is 3.24. The second kappa shape index (κ2) is 8.25. The van der Waals surface area contributed by atoms with Crippen LogP contribution in [0, 0.1) is 11.8 Å². The zero-order valence-electron chi connectivity index (χ0n) is 16.6. The van der Waals surface area contributed by atoms with Crippen molar-refractivity contribution >= 4 is 23.6 Å². The third kappa shape index (κ3) is 3.86. The summed E-state index contributed by atoms with van der Waals surface area (Å²) in [7, 11) is 0. The maximum absolute atomic E-state index is 12.6. The second-order valence-electron chi connectivity index (χ2n) is 8.03. The van der Waals surface area contributed by atoms with Crippen LogP contribution in [0.2, 0.25) is 0 Å². The smallest absolute Gasteiger partial charge is 0.329 e. The molecule has 1 aliphatic carbocycles. The normalized spacial score (nSPS) is 22.9. The standard InChI is InChI=1S/C22H27NO5/c1-13(2)15-8-10-16(11-9-15)19(24)12-28-22(27)14(3)23-20(25)17-6-4-5-7-18(17)21(23)26/h8-11,13-14,17-18H,4-7,12H2,1-3H3/t14-,17?,18?/m0/s1. The van der Waals surface area contributed by atoms with Crippen LogP contribution in [0.1, 0.15) is 68.3 Å². The molecule has 0 spiro atoms. The summed E-state index contributed by atoms with van der Waals surface area (Å²) < 4.78 is 5.13. The van der Waals surface area contributed by atoms with E-state index in [1.54, 1.807) is 12.1 Å². The number of amides is 2. The molecule has 0 aromatic heterocycles. The molecule has 3 atom stereocenters. The van der Waals surface area contributed by atoms with E-state index in [2.05, 4.69) is 13.8 Å². The Bertz CT molecular complexity index is 759. The van der Waals surface area contributed by atoms with Gasteiger partial charge in [-0.2, -0.15) is 0 Å². The molecule has 6 heteroatoms. The van der Waals surface area contributed by atoms with Crippen LogP contribution in [0.5, 0.6) is 0 Å². The van der Waals surface area contributed by atoms with Crippen LogP contribution in [0.25, 0.3) is 0 Å². The van der Waals surface area contributed by atoms with Gasteiger partial charge >= 0.3 is 5.97 Å². The monoisotopic (exact) mass is 385 g/mol. The first-order chi connectivity index (χ1) is 13.3. The topological polar surface area (TPSA) is 80.8 Å². The lowest BCUT2D eigenvalue weighted by molar-refractivity contribution is -0.157. The Morgan fingerprint density at radius 1 is 1.00 bits per heavy atom. The van der Waals surface area contributed by atoms with E-state index in [4.69, 9.17) is 4.74 Å². The SMILES string of the molecule is CC(C)c1ccc(C(=O)COC(=O)[C@H](C)N2C(=O)C3CCCCC3C2=O)cc1. The number of fused-ring (bicyclic) bond motifs is 1. The van der Waals surface area contributed by atoms with E-state index in [1.807, 2.05) is 12.1 Å². The van der Waals surface area contributed by atoms with Gasteiger partial charge in [0.05, 0.1) is 11.8 Å². The highest BCUT2D eigenvalue weighted by molar-refractivity contribution is 6.08. The predicted octanol–water partition coefficient (Wildman–Crippen LogP) is 3.10. The van der Waals surface area contributed by atoms with Crippen LogP contribution < -0.4 is 0 Å². The molecule has 1 saturated heterocycles. The van der Waals surface area contributed by atoms with Gasteiger partial charge in [-0.25, -0.2) is 4.79 Å². The summed E-state index contributed by atoms with van der Waals surface area (Å²) in [4.78, 5) is 50.9. The minimum absolute atomic E-state index is 0.283. The first kappa shape index (κ1) is 20.2. The van der Waals surface area contributed by atoms with E-state index in [-0.39, 0.29) is 29.4 Å². The summed E-state index contributed by atoms with van der Waals surface area (Å²) in [6.45, 7) is 5.21. The third-order valence-corrected chi connectivity index (χ3v) is 5.85. The lowest BCUT2D eigenvalue weighted by Crippen LogP contribution is -2.44. The first-order valence-electron chi connectivity index (χ1n) is 9.98. The number of imide groups is 1. The minimum atomic E-state index is -1.01. The molecule has 1 aliphatic heterocycles. The number of hydrogen-bond donors (Lipinski definition) is 0. The molecule has 1 saturated carbocycles. The van der Waals surface area contributed by atoms with E-state index in [9.17, 15) is 19.2 Å². The van der Waals surface area contributed by atoms with Crippen LogP contribution in [0.4, 0.5) is 0 Å². The Morgan fingerprint density at radius 3 is 2.04 bits per heavy atom. The average molecular weight is 385 g/mol. The second-order valence-corrected chi connectivity index (χ2v) is 8.03. The van der Waals surface area contributed by atoms with Crippen LogP contribution in [0.3, 0.4) is 0 Å². The van der Waals surface area contributed by atoms with Gasteiger partial charge < -0.3 is 4.74 Å². The van der Waals surface area contributed by atoms with Gasteiger partial charge in [0, 0.05) is 5.56 Å². The van der Waals surface area contributed by atoms with E-state index < -0.39 is 18.6 Å². The molecular weight excluding hydrogens is 358 g/mol. The van der Waals surface area contributed by atoms with Gasteiger partial charge in [-0.15, -0.1) is 0 Å². The van der Waals surface area contributed by atoms with Gasteiger partial charge in [0.15, 0.2) is 12.4 Å². The largest absolute Gasteiger partial charge is 0.456 e. The number of hydrogen-bond acceptors (Lipinski definition) is 5. The van der Waals surface area contributed by atoms with E-state index in [0.717, 1.165) is 23.3 Å². The number of Topliss-reactive ketones (excluding diaryl/α,β-unsaturated/α-hetero) is 1. The zero-order valence-corrected chi connectivity index (χ0v) is 16.6. The number of ketones is 1. The number of carbonyl (C=O) groups is 4. The number of rotatable bonds is 6. The van der Waals surface area contributed by atoms with Gasteiger partial charge in [0.1, 0.15) is 6.04 Å². The number of ether oxygens (including phenoxy) is 1. The molecule has 28 heavy (non-hydrogen) atoms. The lowest BCUT2D eigenvalue weighted by Gasteiger charge is -2.21. The van der Waals surface area contributed by atoms with Crippen molar-refractivity contribution in [3.8, 4) is 0 Å². The average Bonchev–Trinajstić information content (AvgIpc) is 2.96. The fourth-order valence-corrected chi connectivity index (χ4v) is 4.07. The van der Waals surface area contributed by atoms with Crippen molar-refractivity contribution in [1.29, 1.82) is 0 Å². The zero-order chi connectivity index (χ0) is 20.4. The molecule has 2 aliphatic rings. The van der Waals surface area contributed by atoms with Crippen molar-refractivity contribution in [3.63, 3.8) is 0 Å². The quantitative estimate of drug-likeness (QED) is 0.427. The van der Waals surface area contributed by atoms with Crippen LogP contribution in [-0.2, 0) is 19.1 Å². The Labute approximate surface area is 165 Å². The highest BCUT2D eigenvalue weighted by atomic mass is 16.5. The van der Waals surface area contributed by atoms with Crippen molar-refractivity contribution < 1.29 is 23.9 Å². The molecule has 0 bridgehead atoms. The molecule has 2 fully saturated rings. The number of benzene rings is 1. The Hall–Kier alpha value is -2.50. The van der Waals surface area contributed by atoms with Crippen molar-refractivity contribution in [2.45, 2.75) is 58.4 Å². The molecular formula is C22H27NO5. The molecule has 3 rings (SSSR count). The van der Waals surface area contributed by atoms with Gasteiger partial charge in [-0.3, -0.25) is 19.3 Å². The molecule has 0 N–H and O–H groups in total. The molecule has 1 heterocycles. The molecule has 2 amide bonds. The van der Waals surface area contributed by atoms with Crippen molar-refractivity contribution in [1.82, 2.24) is 4.90 Å². The third-order valence-electron chi connectivity index (χ3n) is 5.85. The van der Waals surface area contributed by atoms with Gasteiger partial charge in [0.2, 0.25) is 11.8 Å². The highest BCUT2D eigenvalue weighted by Gasteiger charge is 2.51. The maximum atomic E-state index is 12.6. The van der Waals surface area contributed by atoms with Gasteiger partial charge in [-0.05, 0) is 31.2 Å². The maximum Gasteiger partial charge on any atom is 0.329 e. The summed E-state index contributed by atoms with van der Waals surface area (Å²) in [5.41, 5.74) is 1.58. The van der Waals surface area contributed by atoms with Gasteiger partial charge in [-0.1, -0.05) is 51.0 Å². The van der Waals surface area contributed by atoms with Crippen LogP contribution in [-0.4, -0.2) is 41.1 Å². The molecule has 1 aromatic carbocycles. The summed E-state index contributed by atoms with van der Waals surface area (Å²) >= 11 is 0. The minimum Gasteiger partial charge on any atom is -0.456 e. The number of nitrogens with zero attached hydrogens (tertiary/aromatic N) is 1. The van der Waals surface area contributed by atoms with E-state index in [0.29, 0.717) is 24.3 Å². The predicted molar refractivity (Wildman–Crippen MR) is 103 cm³/mol.